The highest BCUT2D eigenvalue weighted by molar-refractivity contribution is 5.98. The van der Waals surface area contributed by atoms with Gasteiger partial charge in [0.25, 0.3) is 0 Å². The molecule has 12 heteroatoms. The monoisotopic (exact) mass is 939 g/mol. The van der Waals surface area contributed by atoms with Crippen LogP contribution in [0.1, 0.15) is 155 Å². The predicted octanol–water partition coefficient (Wildman–Crippen LogP) is 6.85. The summed E-state index contributed by atoms with van der Waals surface area (Å²) >= 11 is 0. The summed E-state index contributed by atoms with van der Waals surface area (Å²) in [7, 11) is 0. The van der Waals surface area contributed by atoms with Crippen LogP contribution in [-0.2, 0) is 14.3 Å². The molecule has 68 heavy (non-hydrogen) atoms. The fourth-order valence-electron chi connectivity index (χ4n) is 17.3. The third kappa shape index (κ3) is 7.95. The Morgan fingerprint density at radius 1 is 0.971 bits per heavy atom. The van der Waals surface area contributed by atoms with E-state index in [9.17, 15) is 30.3 Å². The molecule has 9 rings (SSSR count). The summed E-state index contributed by atoms with van der Waals surface area (Å²) in [5.41, 5.74) is 8.97. The number of aromatic amines is 1. The van der Waals surface area contributed by atoms with Gasteiger partial charge in [-0.3, -0.25) is 14.6 Å². The SMILES string of the molecule is CCCCC[C@@]12C[C@@H](O)[C@@H](O)C[C@]1(C)[C@H]1CC[C@]3(CCN=C(N)N)[C@@H]4[C@@H](CC#C[C@H]([C@@H]5COC(=O)[C@H]5c5cc[nH]c5)C[C@@H]5[C@@H](CC=C6CC[C@@H](C)C[C@H]65)[C@H](C)C[C@@H](O)[C@]4(C)O)C[C@@]3(O)C1=CC2=O. The van der Waals surface area contributed by atoms with Gasteiger partial charge in [0.2, 0.25) is 0 Å². The van der Waals surface area contributed by atoms with Gasteiger partial charge in [0.05, 0.1) is 42.0 Å². The molecule has 1 aliphatic heterocycles. The van der Waals surface area contributed by atoms with E-state index >= 15 is 4.79 Å². The van der Waals surface area contributed by atoms with E-state index in [-0.39, 0.29) is 85.6 Å². The third-order valence-corrected chi connectivity index (χ3v) is 20.7. The number of esters is 1. The van der Waals surface area contributed by atoms with E-state index in [1.165, 1.54) is 12.0 Å². The number of ether oxygens (including phenoxy) is 1. The number of carbonyl (C=O) groups excluding carboxylic acids is 2. The average Bonchev–Trinajstić information content (AvgIpc) is 4.01. The summed E-state index contributed by atoms with van der Waals surface area (Å²) in [6.07, 6.45) is 15.7. The minimum Gasteiger partial charge on any atom is -0.465 e. The number of aliphatic imine (C=N–C) groups is 1. The first kappa shape index (κ1) is 49.5. The molecule has 0 bridgehead atoms. The van der Waals surface area contributed by atoms with Gasteiger partial charge in [0, 0.05) is 53.9 Å². The second kappa shape index (κ2) is 18.6. The molecule has 10 N–H and O–H groups in total. The van der Waals surface area contributed by atoms with Crippen molar-refractivity contribution in [1.29, 1.82) is 0 Å². The minimum absolute atomic E-state index is 0.0207. The third-order valence-electron chi connectivity index (χ3n) is 20.7. The molecule has 5 fully saturated rings. The van der Waals surface area contributed by atoms with Gasteiger partial charge in [0.15, 0.2) is 11.7 Å². The van der Waals surface area contributed by atoms with E-state index in [1.807, 2.05) is 18.5 Å². The highest BCUT2D eigenvalue weighted by Gasteiger charge is 2.74. The smallest absolute Gasteiger partial charge is 0.313 e. The van der Waals surface area contributed by atoms with Crippen molar-refractivity contribution in [3.63, 3.8) is 0 Å². The van der Waals surface area contributed by atoms with Crippen molar-refractivity contribution in [3.05, 3.63) is 47.3 Å². The largest absolute Gasteiger partial charge is 0.465 e. The number of aliphatic hydroxyl groups is 5. The maximum absolute atomic E-state index is 15.2. The number of nitrogens with zero attached hydrogens (tertiary/aromatic N) is 1. The van der Waals surface area contributed by atoms with Crippen molar-refractivity contribution in [1.82, 2.24) is 4.98 Å². The molecule has 19 atom stereocenters. The summed E-state index contributed by atoms with van der Waals surface area (Å²) < 4.78 is 5.91. The molecule has 374 valence electrons. The normalized spacial score (nSPS) is 46.7. The summed E-state index contributed by atoms with van der Waals surface area (Å²) in [6, 6.07) is 1.97. The van der Waals surface area contributed by atoms with Crippen LogP contribution in [0, 0.1) is 87.3 Å². The molecule has 1 aromatic heterocycles. The minimum atomic E-state index is -1.70. The second-order valence-corrected chi connectivity index (χ2v) is 24.1. The van der Waals surface area contributed by atoms with Gasteiger partial charge in [-0.25, -0.2) is 0 Å². The molecule has 7 aliphatic carbocycles. The van der Waals surface area contributed by atoms with E-state index in [0.29, 0.717) is 55.9 Å². The maximum Gasteiger partial charge on any atom is 0.313 e. The Hall–Kier alpha value is -3.47. The van der Waals surface area contributed by atoms with Gasteiger partial charge < -0.3 is 46.7 Å². The number of nitrogens with two attached hydrogens (primary N) is 2. The lowest BCUT2D eigenvalue weighted by molar-refractivity contribution is -0.199. The Labute approximate surface area is 404 Å². The fourth-order valence-corrected chi connectivity index (χ4v) is 17.3. The number of H-pyrrole nitrogens is 1. The van der Waals surface area contributed by atoms with Crippen molar-refractivity contribution < 1.29 is 39.9 Å². The van der Waals surface area contributed by atoms with Gasteiger partial charge in [-0.1, -0.05) is 64.5 Å². The number of hydrogen-bond donors (Lipinski definition) is 8. The zero-order valence-corrected chi connectivity index (χ0v) is 41.5. The van der Waals surface area contributed by atoms with Gasteiger partial charge in [-0.05, 0) is 161 Å². The molecule has 0 amide bonds. The molecule has 8 aliphatic rings. The summed E-state index contributed by atoms with van der Waals surface area (Å²) in [5.74, 6) is 6.37. The van der Waals surface area contributed by atoms with Crippen LogP contribution in [0.15, 0.2) is 46.8 Å². The number of ketones is 1. The topological polar surface area (TPSA) is 225 Å². The Morgan fingerprint density at radius 2 is 1.75 bits per heavy atom. The molecule has 0 aromatic carbocycles. The lowest BCUT2D eigenvalue weighted by atomic mass is 9.39. The predicted molar refractivity (Wildman–Crippen MR) is 261 cm³/mol. The molecule has 0 unspecified atom stereocenters. The maximum atomic E-state index is 15.2. The standard InChI is InChI=1S/C56H82N4O8/c1-6-7-8-18-55-29-45(62)44(61)28-52(55,4)42-16-19-54(20-22-60-51(57)58)49-36(27-56(54,67)43(42)26-47(55)64)11-9-10-35(41-31-68-50(65)48(41)37-17-21-59-30-37)25-40-38(33(3)24-46(63)53(49,5)66)15-14-34-13-12-32(2)23-39(34)40/h14,17,21,26,30,32-33,35-36,38-42,44-46,48-49,59,61-63,66-67H,6-8,11-13,15-16,18-20,22-25,27-29,31H2,1-5H3,(H4,57,58,60)/t32-,33-,35+,36+,38+,39-,40-,41+,42+,44+,45-,46-,48+,49-,52-,53+,54+,55+,56-/m1/s1. The number of hydrogen-bond acceptors (Lipinski definition) is 9. The number of unbranched alkanes of at least 4 members (excludes halogenated alkanes) is 2. The fraction of sp³-hybridized carbons (Fsp3) is 0.768. The van der Waals surface area contributed by atoms with Crippen molar-refractivity contribution >= 4 is 17.7 Å². The van der Waals surface area contributed by atoms with E-state index in [4.69, 9.17) is 16.2 Å². The number of guanidine groups is 1. The van der Waals surface area contributed by atoms with E-state index in [0.717, 1.165) is 50.5 Å². The summed E-state index contributed by atoms with van der Waals surface area (Å²) in [6.45, 7) is 11.1. The Bertz CT molecular complexity index is 2210. The highest BCUT2D eigenvalue weighted by Crippen LogP contribution is 2.74. The number of carbonyl (C=O) groups is 2. The van der Waals surface area contributed by atoms with Gasteiger partial charge in [-0.2, -0.15) is 0 Å². The Balaban J connectivity index is 1.18. The number of allylic oxidation sites excluding steroid dienone is 3. The number of fused-ring (bicyclic) bond motifs is 10. The first-order valence-corrected chi connectivity index (χ1v) is 26.6. The number of nitrogens with one attached hydrogen (secondary N) is 1. The number of cyclic esters (lactones) is 1. The number of rotatable bonds is 9. The lowest BCUT2D eigenvalue weighted by Gasteiger charge is -2.65. The summed E-state index contributed by atoms with van der Waals surface area (Å²) in [5, 5.41) is 63.0. The number of aliphatic hydroxyl groups excluding tert-OH is 3. The van der Waals surface area contributed by atoms with Crippen molar-refractivity contribution in [2.45, 2.75) is 179 Å². The van der Waals surface area contributed by atoms with Crippen molar-refractivity contribution in [2.24, 2.45) is 91.9 Å². The van der Waals surface area contributed by atoms with Crippen molar-refractivity contribution in [2.75, 3.05) is 13.2 Å². The van der Waals surface area contributed by atoms with Gasteiger partial charge in [-0.15, -0.1) is 5.92 Å². The van der Waals surface area contributed by atoms with Crippen LogP contribution in [0.3, 0.4) is 0 Å². The Morgan fingerprint density at radius 3 is 2.49 bits per heavy atom. The van der Waals surface area contributed by atoms with Crippen LogP contribution in [0.2, 0.25) is 0 Å². The average molecular weight is 939 g/mol. The molecule has 0 radical (unpaired) electrons. The van der Waals surface area contributed by atoms with Crippen LogP contribution in [0.5, 0.6) is 0 Å². The molecule has 1 aromatic rings. The van der Waals surface area contributed by atoms with Crippen LogP contribution in [0.4, 0.5) is 0 Å². The quantitative estimate of drug-likeness (QED) is 0.0321. The van der Waals surface area contributed by atoms with Gasteiger partial charge >= 0.3 is 5.97 Å². The van der Waals surface area contributed by atoms with Crippen LogP contribution < -0.4 is 11.5 Å². The molecule has 0 spiro atoms. The molecule has 4 saturated carbocycles. The van der Waals surface area contributed by atoms with Crippen molar-refractivity contribution in [3.8, 4) is 11.8 Å². The van der Waals surface area contributed by atoms with Crippen LogP contribution in [-0.4, -0.2) is 90.9 Å². The summed E-state index contributed by atoms with van der Waals surface area (Å²) in [4.78, 5) is 36.5. The Kier molecular flexibility index (Phi) is 13.6. The first-order valence-electron chi connectivity index (χ1n) is 26.6. The zero-order chi connectivity index (χ0) is 48.6. The van der Waals surface area contributed by atoms with E-state index < -0.39 is 63.5 Å². The molecule has 2 heterocycles. The van der Waals surface area contributed by atoms with Crippen LogP contribution >= 0.6 is 0 Å². The van der Waals surface area contributed by atoms with Gasteiger partial charge in [0.1, 0.15) is 0 Å². The van der Waals surface area contributed by atoms with Crippen LogP contribution in [0.25, 0.3) is 0 Å². The zero-order valence-electron chi connectivity index (χ0n) is 41.5. The lowest BCUT2D eigenvalue weighted by Crippen LogP contribution is -2.67. The van der Waals surface area contributed by atoms with E-state index in [2.05, 4.69) is 55.6 Å². The van der Waals surface area contributed by atoms with E-state index in [1.54, 1.807) is 13.0 Å². The number of aromatic nitrogens is 1. The second-order valence-electron chi connectivity index (χ2n) is 24.1. The first-order chi connectivity index (χ1) is 32.3. The molecule has 1 saturated heterocycles. The molecule has 12 nitrogen and oxygen atoms in total. The molecular weight excluding hydrogens is 857 g/mol. The molecular formula is C56H82N4O8. The highest BCUT2D eigenvalue weighted by atomic mass is 16.5.